The van der Waals surface area contributed by atoms with Gasteiger partial charge in [-0.1, -0.05) is 24.3 Å². The first-order chi connectivity index (χ1) is 15.0. The molecule has 0 radical (unpaired) electrons. The van der Waals surface area contributed by atoms with E-state index in [1.807, 2.05) is 6.07 Å². The van der Waals surface area contributed by atoms with Gasteiger partial charge >= 0.3 is 0 Å². The van der Waals surface area contributed by atoms with Gasteiger partial charge in [0.05, 0.1) is 24.8 Å². The van der Waals surface area contributed by atoms with Gasteiger partial charge in [0.1, 0.15) is 22.2 Å². The van der Waals surface area contributed by atoms with Gasteiger partial charge in [-0.2, -0.15) is 0 Å². The number of benzene rings is 2. The molecule has 0 amide bonds. The van der Waals surface area contributed by atoms with Crippen LogP contribution in [0.5, 0.6) is 0 Å². The monoisotopic (exact) mass is 439 g/mol. The van der Waals surface area contributed by atoms with Crippen LogP contribution in [-0.4, -0.2) is 34.6 Å². The van der Waals surface area contributed by atoms with E-state index in [0.717, 1.165) is 16.0 Å². The Balaban J connectivity index is 1.37. The van der Waals surface area contributed by atoms with Gasteiger partial charge in [0.25, 0.3) is 5.56 Å². The molecule has 1 saturated heterocycles. The molecule has 1 N–H and O–H groups in total. The van der Waals surface area contributed by atoms with Crippen LogP contribution in [0.15, 0.2) is 59.4 Å². The zero-order valence-corrected chi connectivity index (χ0v) is 17.3. The molecule has 0 saturated carbocycles. The van der Waals surface area contributed by atoms with Gasteiger partial charge in [0.2, 0.25) is 0 Å². The van der Waals surface area contributed by atoms with Crippen molar-refractivity contribution in [1.29, 1.82) is 0 Å². The van der Waals surface area contributed by atoms with Crippen molar-refractivity contribution in [2.75, 3.05) is 19.7 Å². The molecule has 31 heavy (non-hydrogen) atoms. The molecule has 2 aromatic carbocycles. The number of thiophene rings is 1. The molecule has 4 aromatic rings. The highest BCUT2D eigenvalue weighted by atomic mass is 32.1. The largest absolute Gasteiger partial charge is 0.371 e. The van der Waals surface area contributed by atoms with E-state index >= 15 is 0 Å². The fraction of sp³-hybridized carbons (Fsp3) is 0.217. The standard InChI is InChI=1S/C23H19F2N3O2S/c24-16-5-1-14(2-6-16)19-12-28(9-10-30-19)13-21-26-18-11-20(31-22(18)23(29)27-21)15-3-7-17(25)8-4-15/h1-8,11,19H,9-10,12-13H2,(H,26,27,29). The number of hydrogen-bond donors (Lipinski definition) is 1. The number of aromatic amines is 1. The van der Waals surface area contributed by atoms with Crippen molar-refractivity contribution in [2.24, 2.45) is 0 Å². The van der Waals surface area contributed by atoms with Crippen LogP contribution in [-0.2, 0) is 11.3 Å². The van der Waals surface area contributed by atoms with Crippen molar-refractivity contribution in [3.63, 3.8) is 0 Å². The molecule has 0 aliphatic carbocycles. The highest BCUT2D eigenvalue weighted by Crippen LogP contribution is 2.31. The predicted octanol–water partition coefficient (Wildman–Crippen LogP) is 4.50. The first-order valence-corrected chi connectivity index (χ1v) is 10.7. The molecular formula is C23H19F2N3O2S. The summed E-state index contributed by atoms with van der Waals surface area (Å²) in [5.74, 6) is 0.00977. The van der Waals surface area contributed by atoms with Crippen molar-refractivity contribution >= 4 is 21.6 Å². The van der Waals surface area contributed by atoms with Crippen LogP contribution >= 0.6 is 11.3 Å². The number of nitrogens with one attached hydrogen (secondary N) is 1. The summed E-state index contributed by atoms with van der Waals surface area (Å²) in [6.45, 7) is 2.36. The maximum Gasteiger partial charge on any atom is 0.268 e. The van der Waals surface area contributed by atoms with E-state index in [1.54, 1.807) is 24.3 Å². The number of halogens is 2. The highest BCUT2D eigenvalue weighted by Gasteiger charge is 2.23. The van der Waals surface area contributed by atoms with Crippen molar-refractivity contribution < 1.29 is 13.5 Å². The third-order valence-corrected chi connectivity index (χ3v) is 6.50. The number of hydrogen-bond acceptors (Lipinski definition) is 5. The molecule has 1 aliphatic heterocycles. The summed E-state index contributed by atoms with van der Waals surface area (Å²) in [4.78, 5) is 23.2. The molecule has 0 spiro atoms. The Bertz CT molecular complexity index is 1270. The van der Waals surface area contributed by atoms with E-state index < -0.39 is 0 Å². The Hall–Kier alpha value is -2.94. The van der Waals surface area contributed by atoms with E-state index in [9.17, 15) is 13.6 Å². The van der Waals surface area contributed by atoms with Crippen molar-refractivity contribution in [3.05, 3.63) is 88.0 Å². The summed E-state index contributed by atoms with van der Waals surface area (Å²) in [5, 5.41) is 0. The quantitative estimate of drug-likeness (QED) is 0.509. The maximum atomic E-state index is 13.2. The van der Waals surface area contributed by atoms with Crippen molar-refractivity contribution in [3.8, 4) is 10.4 Å². The summed E-state index contributed by atoms with van der Waals surface area (Å²) < 4.78 is 32.8. The van der Waals surface area contributed by atoms with Gasteiger partial charge in [-0.25, -0.2) is 13.8 Å². The molecule has 5 nitrogen and oxygen atoms in total. The third-order valence-electron chi connectivity index (χ3n) is 5.33. The second-order valence-electron chi connectivity index (χ2n) is 7.49. The van der Waals surface area contributed by atoms with Crippen LogP contribution in [0.2, 0.25) is 0 Å². The molecule has 3 heterocycles. The molecule has 1 fully saturated rings. The Morgan fingerprint density at radius 1 is 1.10 bits per heavy atom. The fourth-order valence-electron chi connectivity index (χ4n) is 3.76. The van der Waals surface area contributed by atoms with Crippen LogP contribution < -0.4 is 5.56 Å². The fourth-order valence-corrected chi connectivity index (χ4v) is 4.75. The molecule has 158 valence electrons. The van der Waals surface area contributed by atoms with Crippen LogP contribution in [0, 0.1) is 11.6 Å². The number of aromatic nitrogens is 2. The number of morpholine rings is 1. The van der Waals surface area contributed by atoms with Gasteiger partial charge in [0, 0.05) is 18.0 Å². The number of rotatable bonds is 4. The van der Waals surface area contributed by atoms with Crippen LogP contribution in [0.3, 0.4) is 0 Å². The first-order valence-electron chi connectivity index (χ1n) is 9.93. The molecule has 8 heteroatoms. The predicted molar refractivity (Wildman–Crippen MR) is 116 cm³/mol. The summed E-state index contributed by atoms with van der Waals surface area (Å²) in [6, 6.07) is 14.4. The zero-order chi connectivity index (χ0) is 21.4. The lowest BCUT2D eigenvalue weighted by atomic mass is 10.1. The number of fused-ring (bicyclic) bond motifs is 1. The Kier molecular flexibility index (Phi) is 5.35. The minimum Gasteiger partial charge on any atom is -0.371 e. The maximum absolute atomic E-state index is 13.2. The van der Waals surface area contributed by atoms with Gasteiger partial charge in [-0.05, 0) is 41.5 Å². The van der Waals surface area contributed by atoms with E-state index in [2.05, 4.69) is 14.9 Å². The van der Waals surface area contributed by atoms with Gasteiger partial charge in [0.15, 0.2) is 0 Å². The van der Waals surface area contributed by atoms with E-state index in [0.29, 0.717) is 42.3 Å². The minimum atomic E-state index is -0.299. The summed E-state index contributed by atoms with van der Waals surface area (Å²) >= 11 is 1.34. The van der Waals surface area contributed by atoms with Crippen LogP contribution in [0.25, 0.3) is 20.7 Å². The second kappa shape index (κ2) is 8.30. The number of nitrogens with zero attached hydrogens (tertiary/aromatic N) is 2. The van der Waals surface area contributed by atoms with Gasteiger partial charge in [-0.15, -0.1) is 11.3 Å². The average molecular weight is 439 g/mol. The highest BCUT2D eigenvalue weighted by molar-refractivity contribution is 7.22. The molecule has 5 rings (SSSR count). The Morgan fingerprint density at radius 2 is 1.81 bits per heavy atom. The van der Waals surface area contributed by atoms with Gasteiger partial charge < -0.3 is 9.72 Å². The minimum absolute atomic E-state index is 0.156. The van der Waals surface area contributed by atoms with Crippen molar-refractivity contribution in [1.82, 2.24) is 14.9 Å². The third kappa shape index (κ3) is 4.27. The molecule has 1 aliphatic rings. The van der Waals surface area contributed by atoms with Crippen molar-refractivity contribution in [2.45, 2.75) is 12.6 Å². The van der Waals surface area contributed by atoms with E-state index in [-0.39, 0.29) is 23.3 Å². The summed E-state index contributed by atoms with van der Waals surface area (Å²) in [6.07, 6.45) is -0.156. The SMILES string of the molecule is O=c1[nH]c(CN2CCOC(c3ccc(F)cc3)C2)nc2cc(-c3ccc(F)cc3)sc12. The van der Waals surface area contributed by atoms with Gasteiger partial charge in [-0.3, -0.25) is 9.69 Å². The average Bonchev–Trinajstić information content (AvgIpc) is 3.20. The molecule has 0 bridgehead atoms. The van der Waals surface area contributed by atoms with Crippen LogP contribution in [0.1, 0.15) is 17.5 Å². The lowest BCUT2D eigenvalue weighted by Crippen LogP contribution is -2.38. The smallest absolute Gasteiger partial charge is 0.268 e. The summed E-state index contributed by atoms with van der Waals surface area (Å²) in [5.41, 5.74) is 2.22. The van der Waals surface area contributed by atoms with Crippen LogP contribution in [0.4, 0.5) is 8.78 Å². The van der Waals surface area contributed by atoms with E-state index in [1.165, 1.54) is 35.6 Å². The Morgan fingerprint density at radius 3 is 2.55 bits per heavy atom. The second-order valence-corrected chi connectivity index (χ2v) is 8.54. The normalized spacial score (nSPS) is 17.3. The number of ether oxygens (including phenoxy) is 1. The lowest BCUT2D eigenvalue weighted by molar-refractivity contribution is -0.0336. The molecule has 2 aromatic heterocycles. The molecule has 1 unspecified atom stereocenters. The topological polar surface area (TPSA) is 58.2 Å². The van der Waals surface area contributed by atoms with E-state index in [4.69, 9.17) is 4.74 Å². The number of H-pyrrole nitrogens is 1. The summed E-state index contributed by atoms with van der Waals surface area (Å²) in [7, 11) is 0. The lowest BCUT2D eigenvalue weighted by Gasteiger charge is -2.32. The first kappa shape index (κ1) is 20.0. The molecular weight excluding hydrogens is 420 g/mol. The molecule has 1 atom stereocenters. The zero-order valence-electron chi connectivity index (χ0n) is 16.5. The Labute approximate surface area is 180 Å².